The Hall–Kier alpha value is -1.84. The van der Waals surface area contributed by atoms with Crippen molar-refractivity contribution in [3.05, 3.63) is 42.1 Å². The number of rotatable bonds is 2. The lowest BCUT2D eigenvalue weighted by Gasteiger charge is -2.04. The molecule has 0 fully saturated rings. The van der Waals surface area contributed by atoms with Gasteiger partial charge in [-0.25, -0.2) is 8.78 Å². The molecule has 1 aromatic carbocycles. The third-order valence-electron chi connectivity index (χ3n) is 2.13. The van der Waals surface area contributed by atoms with Crippen LogP contribution in [-0.4, -0.2) is 12.1 Å². The standard InChI is InChI=1S/C11H9F2NO/c1-15-10-4-5-14-11(10)8-3-2-7(12)6-9(8)13/h2-6,14H,1H3. The number of nitrogens with one attached hydrogen (secondary N) is 1. The number of ether oxygens (including phenoxy) is 1. The van der Waals surface area contributed by atoms with Gasteiger partial charge in [0.15, 0.2) is 0 Å². The van der Waals surface area contributed by atoms with E-state index in [4.69, 9.17) is 4.74 Å². The number of aromatic nitrogens is 1. The SMILES string of the molecule is COc1cc[nH]c1-c1ccc(F)cc1F. The molecule has 0 spiro atoms. The average Bonchev–Trinajstić information content (AvgIpc) is 2.65. The Morgan fingerprint density at radius 1 is 1.20 bits per heavy atom. The van der Waals surface area contributed by atoms with Crippen LogP contribution in [0.1, 0.15) is 0 Å². The van der Waals surface area contributed by atoms with Crippen molar-refractivity contribution in [3.8, 4) is 17.0 Å². The lowest BCUT2D eigenvalue weighted by molar-refractivity contribution is 0.417. The van der Waals surface area contributed by atoms with Crippen molar-refractivity contribution in [1.29, 1.82) is 0 Å². The van der Waals surface area contributed by atoms with Gasteiger partial charge in [-0.3, -0.25) is 0 Å². The molecule has 0 aliphatic heterocycles. The number of benzene rings is 1. The van der Waals surface area contributed by atoms with E-state index in [9.17, 15) is 8.78 Å². The maximum atomic E-state index is 13.4. The van der Waals surface area contributed by atoms with Gasteiger partial charge >= 0.3 is 0 Å². The molecule has 4 heteroatoms. The summed E-state index contributed by atoms with van der Waals surface area (Å²) in [4.78, 5) is 2.85. The lowest BCUT2D eigenvalue weighted by atomic mass is 10.1. The van der Waals surface area contributed by atoms with E-state index in [0.29, 0.717) is 17.0 Å². The van der Waals surface area contributed by atoms with Gasteiger partial charge in [-0.1, -0.05) is 0 Å². The molecule has 0 aliphatic carbocycles. The van der Waals surface area contributed by atoms with Gasteiger partial charge in [0.25, 0.3) is 0 Å². The second kappa shape index (κ2) is 3.73. The molecule has 0 radical (unpaired) electrons. The van der Waals surface area contributed by atoms with E-state index >= 15 is 0 Å². The normalized spacial score (nSPS) is 10.3. The molecular formula is C11H9F2NO. The van der Waals surface area contributed by atoms with Crippen molar-refractivity contribution in [3.63, 3.8) is 0 Å². The van der Waals surface area contributed by atoms with Crippen molar-refractivity contribution in [1.82, 2.24) is 4.98 Å². The maximum absolute atomic E-state index is 13.4. The molecule has 1 aromatic heterocycles. The minimum absolute atomic E-state index is 0.290. The zero-order valence-electron chi connectivity index (χ0n) is 8.05. The summed E-state index contributed by atoms with van der Waals surface area (Å²) in [7, 11) is 1.49. The van der Waals surface area contributed by atoms with E-state index in [-0.39, 0.29) is 0 Å². The van der Waals surface area contributed by atoms with Crippen molar-refractivity contribution in [2.45, 2.75) is 0 Å². The molecule has 1 N–H and O–H groups in total. The Bertz CT molecular complexity index is 479. The quantitative estimate of drug-likeness (QED) is 0.808. The van der Waals surface area contributed by atoms with Crippen molar-refractivity contribution < 1.29 is 13.5 Å². The highest BCUT2D eigenvalue weighted by molar-refractivity contribution is 5.67. The Morgan fingerprint density at radius 2 is 2.00 bits per heavy atom. The van der Waals surface area contributed by atoms with Crippen LogP contribution in [0, 0.1) is 11.6 Å². The predicted octanol–water partition coefficient (Wildman–Crippen LogP) is 2.97. The number of H-pyrrole nitrogens is 1. The van der Waals surface area contributed by atoms with E-state index in [1.54, 1.807) is 12.3 Å². The second-order valence-corrected chi connectivity index (χ2v) is 3.05. The van der Waals surface area contributed by atoms with Gasteiger partial charge in [-0.05, 0) is 18.2 Å². The molecular weight excluding hydrogens is 200 g/mol. The molecule has 2 rings (SSSR count). The predicted molar refractivity (Wildman–Crippen MR) is 52.7 cm³/mol. The zero-order chi connectivity index (χ0) is 10.8. The molecule has 15 heavy (non-hydrogen) atoms. The van der Waals surface area contributed by atoms with Crippen LogP contribution in [-0.2, 0) is 0 Å². The van der Waals surface area contributed by atoms with Gasteiger partial charge < -0.3 is 9.72 Å². The Labute approximate surface area is 85.5 Å². The third kappa shape index (κ3) is 1.70. The molecule has 0 saturated carbocycles. The maximum Gasteiger partial charge on any atom is 0.144 e. The topological polar surface area (TPSA) is 25.0 Å². The van der Waals surface area contributed by atoms with Crippen LogP contribution < -0.4 is 4.74 Å². The summed E-state index contributed by atoms with van der Waals surface area (Å²) in [6.45, 7) is 0. The van der Waals surface area contributed by atoms with Crippen molar-refractivity contribution in [2.75, 3.05) is 7.11 Å². The summed E-state index contributed by atoms with van der Waals surface area (Å²) in [5, 5.41) is 0. The number of hydrogen-bond donors (Lipinski definition) is 1. The Kier molecular flexibility index (Phi) is 2.41. The third-order valence-corrected chi connectivity index (χ3v) is 2.13. The minimum Gasteiger partial charge on any atom is -0.494 e. The van der Waals surface area contributed by atoms with Gasteiger partial charge in [0.1, 0.15) is 17.4 Å². The summed E-state index contributed by atoms with van der Waals surface area (Å²) in [6, 6.07) is 5.10. The number of halogens is 2. The first kappa shape index (κ1) is 9.71. The van der Waals surface area contributed by atoms with Crippen LogP contribution in [0.25, 0.3) is 11.3 Å². The Balaban J connectivity index is 2.54. The first-order valence-corrected chi connectivity index (χ1v) is 4.39. The number of hydrogen-bond acceptors (Lipinski definition) is 1. The van der Waals surface area contributed by atoms with E-state index in [1.807, 2.05) is 0 Å². The van der Waals surface area contributed by atoms with Crippen molar-refractivity contribution in [2.24, 2.45) is 0 Å². The molecule has 78 valence electrons. The van der Waals surface area contributed by atoms with Gasteiger partial charge in [-0.15, -0.1) is 0 Å². The molecule has 0 atom stereocenters. The van der Waals surface area contributed by atoms with Crippen LogP contribution in [0.15, 0.2) is 30.5 Å². The number of aromatic amines is 1. The Morgan fingerprint density at radius 3 is 2.67 bits per heavy atom. The molecule has 0 saturated heterocycles. The number of methoxy groups -OCH3 is 1. The highest BCUT2D eigenvalue weighted by Gasteiger charge is 2.11. The van der Waals surface area contributed by atoms with E-state index < -0.39 is 11.6 Å². The van der Waals surface area contributed by atoms with Crippen molar-refractivity contribution >= 4 is 0 Å². The van der Waals surface area contributed by atoms with Gasteiger partial charge in [-0.2, -0.15) is 0 Å². The van der Waals surface area contributed by atoms with Crippen LogP contribution in [0.5, 0.6) is 5.75 Å². The largest absolute Gasteiger partial charge is 0.494 e. The van der Waals surface area contributed by atoms with Crippen LogP contribution in [0.3, 0.4) is 0 Å². The summed E-state index contributed by atoms with van der Waals surface area (Å²) in [5.41, 5.74) is 0.799. The summed E-state index contributed by atoms with van der Waals surface area (Å²) >= 11 is 0. The molecule has 2 nitrogen and oxygen atoms in total. The zero-order valence-corrected chi connectivity index (χ0v) is 8.05. The monoisotopic (exact) mass is 209 g/mol. The fourth-order valence-electron chi connectivity index (χ4n) is 1.43. The van der Waals surface area contributed by atoms with Crippen LogP contribution >= 0.6 is 0 Å². The summed E-state index contributed by atoms with van der Waals surface area (Å²) in [6.07, 6.45) is 1.64. The van der Waals surface area contributed by atoms with Crippen LogP contribution in [0.2, 0.25) is 0 Å². The molecule has 0 unspecified atom stereocenters. The average molecular weight is 209 g/mol. The second-order valence-electron chi connectivity index (χ2n) is 3.05. The molecule has 0 amide bonds. The van der Waals surface area contributed by atoms with E-state index in [0.717, 1.165) is 6.07 Å². The highest BCUT2D eigenvalue weighted by atomic mass is 19.1. The molecule has 1 heterocycles. The lowest BCUT2D eigenvalue weighted by Crippen LogP contribution is -1.89. The summed E-state index contributed by atoms with van der Waals surface area (Å²) in [5.74, 6) is -0.682. The van der Waals surface area contributed by atoms with Gasteiger partial charge in [0, 0.05) is 17.8 Å². The fraction of sp³-hybridized carbons (Fsp3) is 0.0909. The fourth-order valence-corrected chi connectivity index (χ4v) is 1.43. The smallest absolute Gasteiger partial charge is 0.144 e. The summed E-state index contributed by atoms with van der Waals surface area (Å²) < 4.78 is 31.1. The first-order valence-electron chi connectivity index (χ1n) is 4.39. The van der Waals surface area contributed by atoms with Crippen LogP contribution in [0.4, 0.5) is 8.78 Å². The van der Waals surface area contributed by atoms with E-state index in [1.165, 1.54) is 19.2 Å². The van der Waals surface area contributed by atoms with Gasteiger partial charge in [0.2, 0.25) is 0 Å². The minimum atomic E-state index is -0.615. The first-order chi connectivity index (χ1) is 7.22. The van der Waals surface area contributed by atoms with E-state index in [2.05, 4.69) is 4.98 Å². The highest BCUT2D eigenvalue weighted by Crippen LogP contribution is 2.30. The molecule has 0 aliphatic rings. The van der Waals surface area contributed by atoms with Gasteiger partial charge in [0.05, 0.1) is 12.8 Å². The molecule has 2 aromatic rings. The molecule has 0 bridgehead atoms.